The van der Waals surface area contributed by atoms with Gasteiger partial charge in [-0.1, -0.05) is 18.2 Å². The first kappa shape index (κ1) is 13.1. The van der Waals surface area contributed by atoms with Crippen LogP contribution < -0.4 is 5.73 Å². The van der Waals surface area contributed by atoms with E-state index in [1.54, 1.807) is 37.4 Å². The summed E-state index contributed by atoms with van der Waals surface area (Å²) >= 11 is 0. The van der Waals surface area contributed by atoms with Crippen molar-refractivity contribution in [3.8, 4) is 11.3 Å². The summed E-state index contributed by atoms with van der Waals surface area (Å²) in [6.07, 6.45) is 0. The van der Waals surface area contributed by atoms with E-state index >= 15 is 0 Å². The molecule has 1 saturated heterocycles. The molecule has 7 heteroatoms. The molecule has 0 aliphatic carbocycles. The minimum absolute atomic E-state index is 0.251. The van der Waals surface area contributed by atoms with Gasteiger partial charge >= 0.3 is 0 Å². The van der Waals surface area contributed by atoms with Crippen LogP contribution in [0.3, 0.4) is 0 Å². The first-order valence-corrected chi connectivity index (χ1v) is 7.75. The number of anilines is 1. The first-order valence-electron chi connectivity index (χ1n) is 6.20. The van der Waals surface area contributed by atoms with Crippen molar-refractivity contribution in [1.82, 2.24) is 9.78 Å². The maximum Gasteiger partial charge on any atom is 0.186 e. The molecule has 0 unspecified atom stereocenters. The quantitative estimate of drug-likeness (QED) is 0.906. The lowest BCUT2D eigenvalue weighted by molar-refractivity contribution is 0.0416. The lowest BCUT2D eigenvalue weighted by atomic mass is 10.1. The van der Waals surface area contributed by atoms with Crippen LogP contribution in [0.2, 0.25) is 0 Å². The summed E-state index contributed by atoms with van der Waals surface area (Å²) in [5, 5.41) is 3.79. The molecule has 6 nitrogen and oxygen atoms in total. The molecule has 1 aliphatic heterocycles. The number of rotatable bonds is 3. The fraction of sp³-hybridized carbons (Fsp3) is 0.308. The fourth-order valence-corrected chi connectivity index (χ4v) is 3.77. The van der Waals surface area contributed by atoms with Crippen molar-refractivity contribution in [2.75, 3.05) is 18.9 Å². The highest BCUT2D eigenvalue weighted by molar-refractivity contribution is 7.92. The number of aromatic nitrogens is 2. The Hall–Kier alpha value is -1.86. The number of nitrogens with two attached hydrogens (primary N) is 1. The van der Waals surface area contributed by atoms with Crippen molar-refractivity contribution in [2.45, 2.75) is 10.1 Å². The van der Waals surface area contributed by atoms with Crippen molar-refractivity contribution in [3.63, 3.8) is 0 Å². The number of hydrogen-bond donors (Lipinski definition) is 1. The molecule has 1 aliphatic rings. The van der Waals surface area contributed by atoms with E-state index in [1.807, 2.05) is 0 Å². The fourth-order valence-electron chi connectivity index (χ4n) is 2.11. The normalized spacial score (nSPS) is 16.1. The van der Waals surface area contributed by atoms with E-state index in [2.05, 4.69) is 5.10 Å². The Balaban J connectivity index is 2.13. The lowest BCUT2D eigenvalue weighted by Crippen LogP contribution is -2.40. The van der Waals surface area contributed by atoms with Crippen LogP contribution in [0, 0.1) is 0 Å². The molecule has 2 N–H and O–H groups in total. The molecular formula is C13H15N3O3S. The van der Waals surface area contributed by atoms with E-state index in [1.165, 1.54) is 4.68 Å². The van der Waals surface area contributed by atoms with Crippen LogP contribution in [0.5, 0.6) is 0 Å². The molecule has 0 radical (unpaired) electrons. The van der Waals surface area contributed by atoms with E-state index in [-0.39, 0.29) is 18.1 Å². The minimum atomic E-state index is -3.40. The van der Waals surface area contributed by atoms with Gasteiger partial charge in [0.05, 0.1) is 23.8 Å². The summed E-state index contributed by atoms with van der Waals surface area (Å²) < 4.78 is 31.6. The number of nitrogens with zero attached hydrogens (tertiary/aromatic N) is 2. The van der Waals surface area contributed by atoms with Crippen LogP contribution >= 0.6 is 0 Å². The SMILES string of the molecule is Cn1nc(-c2ccccc2S(=O)(=O)C2COC2)cc1N. The molecule has 1 aromatic heterocycles. The molecule has 1 fully saturated rings. The smallest absolute Gasteiger partial charge is 0.186 e. The van der Waals surface area contributed by atoms with Gasteiger partial charge in [0, 0.05) is 18.7 Å². The van der Waals surface area contributed by atoms with Gasteiger partial charge < -0.3 is 10.5 Å². The largest absolute Gasteiger partial charge is 0.384 e. The third kappa shape index (κ3) is 1.99. The number of aryl methyl sites for hydroxylation is 1. The molecule has 1 aromatic carbocycles. The van der Waals surface area contributed by atoms with Crippen molar-refractivity contribution in [1.29, 1.82) is 0 Å². The van der Waals surface area contributed by atoms with Crippen molar-refractivity contribution < 1.29 is 13.2 Å². The molecule has 20 heavy (non-hydrogen) atoms. The van der Waals surface area contributed by atoms with Crippen LogP contribution in [0.1, 0.15) is 0 Å². The molecule has 0 amide bonds. The van der Waals surface area contributed by atoms with Crippen LogP contribution in [0.25, 0.3) is 11.3 Å². The molecule has 3 rings (SSSR count). The maximum atomic E-state index is 12.6. The molecule has 0 atom stereocenters. The van der Waals surface area contributed by atoms with E-state index < -0.39 is 15.1 Å². The van der Waals surface area contributed by atoms with Gasteiger partial charge in [-0.2, -0.15) is 5.10 Å². The zero-order valence-corrected chi connectivity index (χ0v) is 11.8. The van der Waals surface area contributed by atoms with Gasteiger partial charge in [0.2, 0.25) is 0 Å². The summed E-state index contributed by atoms with van der Waals surface area (Å²) in [4.78, 5) is 0.284. The number of benzene rings is 1. The van der Waals surface area contributed by atoms with Gasteiger partial charge in [0.15, 0.2) is 9.84 Å². The number of hydrogen-bond acceptors (Lipinski definition) is 5. The molecule has 0 spiro atoms. The van der Waals surface area contributed by atoms with Crippen molar-refractivity contribution in [2.24, 2.45) is 7.05 Å². The van der Waals surface area contributed by atoms with E-state index in [0.29, 0.717) is 17.1 Å². The topological polar surface area (TPSA) is 87.2 Å². The number of sulfone groups is 1. The Labute approximate surface area is 117 Å². The standard InChI is InChI=1S/C13H15N3O3S/c1-16-13(14)6-11(15-16)10-4-2-3-5-12(10)20(17,18)9-7-19-8-9/h2-6,9H,7-8,14H2,1H3. The number of nitrogen functional groups attached to an aromatic ring is 1. The molecule has 106 valence electrons. The van der Waals surface area contributed by atoms with Crippen molar-refractivity contribution in [3.05, 3.63) is 30.3 Å². The van der Waals surface area contributed by atoms with Gasteiger partial charge in [0.1, 0.15) is 11.1 Å². The average molecular weight is 293 g/mol. The monoisotopic (exact) mass is 293 g/mol. The molecule has 2 aromatic rings. The Morgan fingerprint density at radius 1 is 1.35 bits per heavy atom. The second kappa shape index (κ2) is 4.60. The van der Waals surface area contributed by atoms with E-state index in [9.17, 15) is 8.42 Å². The Morgan fingerprint density at radius 3 is 2.60 bits per heavy atom. The average Bonchev–Trinajstić information content (AvgIpc) is 2.67. The summed E-state index contributed by atoms with van der Waals surface area (Å²) in [6, 6.07) is 8.52. The van der Waals surface area contributed by atoms with E-state index in [4.69, 9.17) is 10.5 Å². The van der Waals surface area contributed by atoms with Gasteiger partial charge in [0.25, 0.3) is 0 Å². The highest BCUT2D eigenvalue weighted by atomic mass is 32.2. The third-order valence-electron chi connectivity index (χ3n) is 3.43. The molecule has 0 bridgehead atoms. The predicted molar refractivity (Wildman–Crippen MR) is 74.8 cm³/mol. The predicted octanol–water partition coefficient (Wildman–Crippen LogP) is 0.842. The Bertz CT molecular complexity index is 728. The molecular weight excluding hydrogens is 278 g/mol. The summed E-state index contributed by atoms with van der Waals surface area (Å²) in [5.74, 6) is 0.485. The van der Waals surface area contributed by atoms with Crippen LogP contribution in [-0.4, -0.2) is 36.7 Å². The highest BCUT2D eigenvalue weighted by Gasteiger charge is 2.35. The molecule has 0 saturated carbocycles. The summed E-state index contributed by atoms with van der Waals surface area (Å²) in [5.41, 5.74) is 6.90. The molecule has 2 heterocycles. The minimum Gasteiger partial charge on any atom is -0.384 e. The zero-order valence-electron chi connectivity index (χ0n) is 11.0. The number of ether oxygens (including phenoxy) is 1. The third-order valence-corrected chi connectivity index (χ3v) is 5.55. The van der Waals surface area contributed by atoms with E-state index in [0.717, 1.165) is 0 Å². The van der Waals surface area contributed by atoms with Crippen molar-refractivity contribution >= 4 is 15.7 Å². The highest BCUT2D eigenvalue weighted by Crippen LogP contribution is 2.31. The maximum absolute atomic E-state index is 12.6. The van der Waals surface area contributed by atoms with Gasteiger partial charge in [-0.3, -0.25) is 4.68 Å². The lowest BCUT2D eigenvalue weighted by Gasteiger charge is -2.26. The van der Waals surface area contributed by atoms with Crippen LogP contribution in [0.4, 0.5) is 5.82 Å². The second-order valence-corrected chi connectivity index (χ2v) is 6.98. The summed E-state index contributed by atoms with van der Waals surface area (Å²) in [7, 11) is -1.68. The Kier molecular flexibility index (Phi) is 3.02. The second-order valence-electron chi connectivity index (χ2n) is 4.78. The van der Waals surface area contributed by atoms with Gasteiger partial charge in [-0.05, 0) is 6.07 Å². The zero-order chi connectivity index (χ0) is 14.3. The first-order chi connectivity index (χ1) is 9.50. The van der Waals surface area contributed by atoms with Gasteiger partial charge in [-0.15, -0.1) is 0 Å². The van der Waals surface area contributed by atoms with Gasteiger partial charge in [-0.25, -0.2) is 8.42 Å². The van der Waals surface area contributed by atoms with Crippen LogP contribution in [0.15, 0.2) is 35.2 Å². The Morgan fingerprint density at radius 2 is 2.05 bits per heavy atom. The van der Waals surface area contributed by atoms with Crippen LogP contribution in [-0.2, 0) is 21.6 Å². The summed E-state index contributed by atoms with van der Waals surface area (Å²) in [6.45, 7) is 0.502.